The maximum atomic E-state index is 10.7. The van der Waals surface area contributed by atoms with Crippen LogP contribution in [0.5, 0.6) is 0 Å². The van der Waals surface area contributed by atoms with Crippen molar-refractivity contribution in [1.29, 1.82) is 0 Å². The standard InChI is InChI=1S/C11H18O2/c12-11(13)10-8-6-4-2-1-3-5-7-9-10/h8H,1-7,9H2,(H,12,13)/b10-8-. The Bertz CT molecular complexity index is 194. The first-order chi connectivity index (χ1) is 6.30. The topological polar surface area (TPSA) is 37.3 Å². The molecule has 0 aromatic heterocycles. The quantitative estimate of drug-likeness (QED) is 0.676. The molecule has 1 N–H and O–H groups in total. The van der Waals surface area contributed by atoms with Gasteiger partial charge in [-0.2, -0.15) is 0 Å². The van der Waals surface area contributed by atoms with Crippen LogP contribution in [0.1, 0.15) is 51.4 Å². The monoisotopic (exact) mass is 182 g/mol. The molecule has 1 aliphatic rings. The molecule has 0 atom stereocenters. The van der Waals surface area contributed by atoms with Gasteiger partial charge in [0.1, 0.15) is 0 Å². The molecular formula is C11H18O2. The lowest BCUT2D eigenvalue weighted by atomic mass is 10.0. The third kappa shape index (κ3) is 4.11. The molecule has 1 aliphatic carbocycles. The first kappa shape index (κ1) is 10.3. The van der Waals surface area contributed by atoms with Gasteiger partial charge in [-0.05, 0) is 25.7 Å². The van der Waals surface area contributed by atoms with Gasteiger partial charge in [0.05, 0.1) is 0 Å². The Morgan fingerprint density at radius 2 is 1.69 bits per heavy atom. The molecule has 2 heteroatoms. The van der Waals surface area contributed by atoms with Crippen LogP contribution in [0.3, 0.4) is 0 Å². The molecule has 0 bridgehead atoms. The van der Waals surface area contributed by atoms with Crippen molar-refractivity contribution in [3.05, 3.63) is 11.6 Å². The van der Waals surface area contributed by atoms with Crippen LogP contribution in [0, 0.1) is 0 Å². The van der Waals surface area contributed by atoms with E-state index in [9.17, 15) is 4.79 Å². The van der Waals surface area contributed by atoms with Gasteiger partial charge in [-0.1, -0.05) is 31.8 Å². The van der Waals surface area contributed by atoms with E-state index in [-0.39, 0.29) is 0 Å². The minimum atomic E-state index is -0.722. The molecule has 0 saturated carbocycles. The van der Waals surface area contributed by atoms with Crippen molar-refractivity contribution in [1.82, 2.24) is 0 Å². The summed E-state index contributed by atoms with van der Waals surface area (Å²) in [7, 11) is 0. The molecule has 0 heterocycles. The van der Waals surface area contributed by atoms with E-state index in [0.29, 0.717) is 5.57 Å². The van der Waals surface area contributed by atoms with E-state index in [2.05, 4.69) is 0 Å². The number of aliphatic carboxylic acids is 1. The first-order valence-corrected chi connectivity index (χ1v) is 5.23. The largest absolute Gasteiger partial charge is 0.478 e. The van der Waals surface area contributed by atoms with Crippen LogP contribution in [-0.2, 0) is 4.79 Å². The molecule has 0 aromatic carbocycles. The molecule has 0 spiro atoms. The molecule has 0 unspecified atom stereocenters. The highest BCUT2D eigenvalue weighted by Gasteiger charge is 2.07. The van der Waals surface area contributed by atoms with Crippen molar-refractivity contribution in [3.8, 4) is 0 Å². The third-order valence-electron chi connectivity index (χ3n) is 2.57. The van der Waals surface area contributed by atoms with Crippen molar-refractivity contribution < 1.29 is 9.90 Å². The zero-order valence-electron chi connectivity index (χ0n) is 8.09. The fourth-order valence-corrected chi connectivity index (χ4v) is 1.74. The van der Waals surface area contributed by atoms with Crippen LogP contribution in [-0.4, -0.2) is 11.1 Å². The van der Waals surface area contributed by atoms with Gasteiger partial charge in [0.25, 0.3) is 0 Å². The molecule has 0 aliphatic heterocycles. The Balaban J connectivity index is 2.47. The van der Waals surface area contributed by atoms with Gasteiger partial charge < -0.3 is 5.11 Å². The summed E-state index contributed by atoms with van der Waals surface area (Å²) in [5, 5.41) is 8.85. The highest BCUT2D eigenvalue weighted by Crippen LogP contribution is 2.16. The molecule has 13 heavy (non-hydrogen) atoms. The zero-order valence-corrected chi connectivity index (χ0v) is 8.09. The SMILES string of the molecule is O=C(O)/C1=C\CCCCCCCC1. The van der Waals surface area contributed by atoms with Crippen LogP contribution in [0.25, 0.3) is 0 Å². The first-order valence-electron chi connectivity index (χ1n) is 5.23. The molecule has 0 radical (unpaired) electrons. The van der Waals surface area contributed by atoms with Crippen LogP contribution in [0.2, 0.25) is 0 Å². The normalized spacial score (nSPS) is 24.5. The average Bonchev–Trinajstić information content (AvgIpc) is 2.14. The molecular weight excluding hydrogens is 164 g/mol. The van der Waals surface area contributed by atoms with E-state index in [1.807, 2.05) is 6.08 Å². The van der Waals surface area contributed by atoms with Gasteiger partial charge in [0, 0.05) is 5.57 Å². The summed E-state index contributed by atoms with van der Waals surface area (Å²) in [6, 6.07) is 0. The van der Waals surface area contributed by atoms with Gasteiger partial charge in [0.15, 0.2) is 0 Å². The van der Waals surface area contributed by atoms with Crippen molar-refractivity contribution in [2.24, 2.45) is 0 Å². The minimum absolute atomic E-state index is 0.627. The predicted molar refractivity (Wildman–Crippen MR) is 52.7 cm³/mol. The van der Waals surface area contributed by atoms with Crippen molar-refractivity contribution in [2.45, 2.75) is 51.4 Å². The summed E-state index contributed by atoms with van der Waals surface area (Å²) in [5.74, 6) is -0.722. The maximum absolute atomic E-state index is 10.7. The Labute approximate surface area is 79.6 Å². The molecule has 0 saturated heterocycles. The fraction of sp³-hybridized carbons (Fsp3) is 0.727. The van der Waals surface area contributed by atoms with Crippen LogP contribution in [0.15, 0.2) is 11.6 Å². The third-order valence-corrected chi connectivity index (χ3v) is 2.57. The van der Waals surface area contributed by atoms with Crippen molar-refractivity contribution >= 4 is 5.97 Å². The van der Waals surface area contributed by atoms with Gasteiger partial charge in [-0.3, -0.25) is 0 Å². The molecule has 0 amide bonds. The second kappa shape index (κ2) is 5.79. The Morgan fingerprint density at radius 1 is 1.08 bits per heavy atom. The highest BCUT2D eigenvalue weighted by atomic mass is 16.4. The van der Waals surface area contributed by atoms with Gasteiger partial charge in [-0.15, -0.1) is 0 Å². The lowest BCUT2D eigenvalue weighted by molar-refractivity contribution is -0.132. The Hall–Kier alpha value is -0.790. The number of allylic oxidation sites excluding steroid dienone is 1. The van der Waals surface area contributed by atoms with Crippen LogP contribution >= 0.6 is 0 Å². The minimum Gasteiger partial charge on any atom is -0.478 e. The van der Waals surface area contributed by atoms with Gasteiger partial charge in [-0.25, -0.2) is 4.79 Å². The molecule has 2 nitrogen and oxygen atoms in total. The van der Waals surface area contributed by atoms with Crippen LogP contribution in [0.4, 0.5) is 0 Å². The lowest BCUT2D eigenvalue weighted by Crippen LogP contribution is -2.01. The zero-order chi connectivity index (χ0) is 9.52. The van der Waals surface area contributed by atoms with Gasteiger partial charge >= 0.3 is 5.97 Å². The smallest absolute Gasteiger partial charge is 0.331 e. The number of carboxylic acid groups (broad SMARTS) is 1. The van der Waals surface area contributed by atoms with E-state index in [0.717, 1.165) is 25.7 Å². The summed E-state index contributed by atoms with van der Waals surface area (Å²) >= 11 is 0. The second-order valence-electron chi connectivity index (χ2n) is 3.69. The second-order valence-corrected chi connectivity index (χ2v) is 3.69. The van der Waals surface area contributed by atoms with E-state index < -0.39 is 5.97 Å². The highest BCUT2D eigenvalue weighted by molar-refractivity contribution is 5.86. The molecule has 0 aromatic rings. The van der Waals surface area contributed by atoms with Crippen LogP contribution < -0.4 is 0 Å². The Morgan fingerprint density at radius 3 is 2.38 bits per heavy atom. The number of hydrogen-bond donors (Lipinski definition) is 1. The number of carbonyl (C=O) groups is 1. The van der Waals surface area contributed by atoms with E-state index >= 15 is 0 Å². The molecule has 0 fully saturated rings. The predicted octanol–water partition coefficient (Wildman–Crippen LogP) is 3.13. The summed E-state index contributed by atoms with van der Waals surface area (Å²) in [5.41, 5.74) is 0.627. The maximum Gasteiger partial charge on any atom is 0.331 e. The summed E-state index contributed by atoms with van der Waals surface area (Å²) in [6.45, 7) is 0. The summed E-state index contributed by atoms with van der Waals surface area (Å²) in [4.78, 5) is 10.7. The lowest BCUT2D eigenvalue weighted by Gasteiger charge is -2.06. The Kier molecular flexibility index (Phi) is 4.58. The van der Waals surface area contributed by atoms with Crippen molar-refractivity contribution in [3.63, 3.8) is 0 Å². The van der Waals surface area contributed by atoms with E-state index in [4.69, 9.17) is 5.11 Å². The number of rotatable bonds is 1. The van der Waals surface area contributed by atoms with Gasteiger partial charge in [0.2, 0.25) is 0 Å². The fourth-order valence-electron chi connectivity index (χ4n) is 1.74. The number of carboxylic acids is 1. The van der Waals surface area contributed by atoms with E-state index in [1.54, 1.807) is 0 Å². The summed E-state index contributed by atoms with van der Waals surface area (Å²) in [6.07, 6.45) is 10.8. The molecule has 74 valence electrons. The average molecular weight is 182 g/mol. The number of hydrogen-bond acceptors (Lipinski definition) is 1. The van der Waals surface area contributed by atoms with Crippen molar-refractivity contribution in [2.75, 3.05) is 0 Å². The molecule has 1 rings (SSSR count). The van der Waals surface area contributed by atoms with E-state index in [1.165, 1.54) is 25.7 Å². The summed E-state index contributed by atoms with van der Waals surface area (Å²) < 4.78 is 0.